The third kappa shape index (κ3) is 2.94. The second-order valence-corrected chi connectivity index (χ2v) is 3.98. The fourth-order valence-corrected chi connectivity index (χ4v) is 1.75. The van der Waals surface area contributed by atoms with E-state index in [1.807, 2.05) is 0 Å². The lowest BCUT2D eigenvalue weighted by Crippen LogP contribution is -2.00. The van der Waals surface area contributed by atoms with E-state index < -0.39 is 5.97 Å². The minimum absolute atomic E-state index is 0.0997. The summed E-state index contributed by atoms with van der Waals surface area (Å²) in [5.41, 5.74) is 1.19. The van der Waals surface area contributed by atoms with Gasteiger partial charge in [-0.2, -0.15) is 5.10 Å². The summed E-state index contributed by atoms with van der Waals surface area (Å²) < 4.78 is 15.3. The minimum atomic E-state index is -0.830. The molecule has 1 aromatic carbocycles. The van der Waals surface area contributed by atoms with Crippen molar-refractivity contribution in [2.75, 3.05) is 0 Å². The number of rotatable bonds is 5. The molecule has 0 saturated carbocycles. The predicted octanol–water partition coefficient (Wildman–Crippen LogP) is 2.42. The van der Waals surface area contributed by atoms with Crippen LogP contribution in [0.25, 0.3) is 5.69 Å². The molecule has 0 aliphatic heterocycles. The van der Waals surface area contributed by atoms with E-state index in [0.717, 1.165) is 5.56 Å². The van der Waals surface area contributed by atoms with E-state index in [1.54, 1.807) is 30.6 Å². The summed E-state index contributed by atoms with van der Waals surface area (Å²) in [4.78, 5) is 10.4. The van der Waals surface area contributed by atoms with Gasteiger partial charge in [0.1, 0.15) is 11.5 Å². The Balaban J connectivity index is 2.08. The van der Waals surface area contributed by atoms with Crippen molar-refractivity contribution in [2.24, 2.45) is 0 Å². The lowest BCUT2D eigenvalue weighted by molar-refractivity contribution is -0.137. The van der Waals surface area contributed by atoms with E-state index in [2.05, 4.69) is 5.10 Å². The predicted molar refractivity (Wildman–Crippen MR) is 64.1 cm³/mol. The Labute approximate surface area is 104 Å². The number of carboxylic acids is 1. The number of aromatic nitrogens is 2. The molecule has 4 nitrogen and oxygen atoms in total. The fourth-order valence-electron chi connectivity index (χ4n) is 1.75. The largest absolute Gasteiger partial charge is 0.481 e. The van der Waals surface area contributed by atoms with Gasteiger partial charge >= 0.3 is 5.97 Å². The molecule has 2 rings (SSSR count). The van der Waals surface area contributed by atoms with Gasteiger partial charge in [-0.25, -0.2) is 9.07 Å². The van der Waals surface area contributed by atoms with Crippen molar-refractivity contribution in [1.82, 2.24) is 9.78 Å². The molecule has 0 aliphatic carbocycles. The molecule has 0 saturated heterocycles. The first-order chi connectivity index (χ1) is 8.66. The molecular weight excluding hydrogens is 235 g/mol. The molecule has 0 atom stereocenters. The molecule has 94 valence electrons. The molecule has 0 aliphatic rings. The van der Waals surface area contributed by atoms with Gasteiger partial charge in [0.25, 0.3) is 0 Å². The molecule has 0 amide bonds. The standard InChI is InChI=1S/C13H13FN2O2/c14-11-9-10(3-1-4-13(17)18)5-6-12(11)16-8-2-7-15-16/h2,5-9H,1,3-4H2,(H,17,18). The van der Waals surface area contributed by atoms with E-state index in [9.17, 15) is 9.18 Å². The summed E-state index contributed by atoms with van der Waals surface area (Å²) in [5, 5.41) is 12.5. The second-order valence-electron chi connectivity index (χ2n) is 3.98. The lowest BCUT2D eigenvalue weighted by atomic mass is 10.1. The van der Waals surface area contributed by atoms with Crippen LogP contribution < -0.4 is 0 Å². The Morgan fingerprint density at radius 3 is 2.89 bits per heavy atom. The molecule has 0 bridgehead atoms. The molecule has 5 heteroatoms. The van der Waals surface area contributed by atoms with Crippen LogP contribution in [0.3, 0.4) is 0 Å². The van der Waals surface area contributed by atoms with Crippen molar-refractivity contribution in [1.29, 1.82) is 0 Å². The lowest BCUT2D eigenvalue weighted by Gasteiger charge is -2.05. The fraction of sp³-hybridized carbons (Fsp3) is 0.231. The Morgan fingerprint density at radius 2 is 2.28 bits per heavy atom. The maximum absolute atomic E-state index is 13.8. The number of nitrogens with zero attached hydrogens (tertiary/aromatic N) is 2. The first kappa shape index (κ1) is 12.3. The molecular formula is C13H13FN2O2. The zero-order valence-corrected chi connectivity index (χ0v) is 9.71. The monoisotopic (exact) mass is 248 g/mol. The number of carboxylic acid groups (broad SMARTS) is 1. The van der Waals surface area contributed by atoms with Crippen LogP contribution in [0.5, 0.6) is 0 Å². The first-order valence-electron chi connectivity index (χ1n) is 5.67. The average molecular weight is 248 g/mol. The van der Waals surface area contributed by atoms with Gasteiger partial charge in [-0.05, 0) is 36.6 Å². The minimum Gasteiger partial charge on any atom is -0.481 e. The van der Waals surface area contributed by atoms with Crippen LogP contribution in [0.1, 0.15) is 18.4 Å². The zero-order chi connectivity index (χ0) is 13.0. The number of benzene rings is 1. The van der Waals surface area contributed by atoms with Crippen LogP contribution in [0.4, 0.5) is 4.39 Å². The summed E-state index contributed by atoms with van der Waals surface area (Å²) in [7, 11) is 0. The van der Waals surface area contributed by atoms with E-state index >= 15 is 0 Å². The molecule has 2 aromatic rings. The Bertz CT molecular complexity index is 538. The van der Waals surface area contributed by atoms with Gasteiger partial charge in [0.15, 0.2) is 0 Å². The first-order valence-corrected chi connectivity index (χ1v) is 5.67. The van der Waals surface area contributed by atoms with Crippen LogP contribution in [-0.2, 0) is 11.2 Å². The summed E-state index contributed by atoms with van der Waals surface area (Å²) in [6.45, 7) is 0. The highest BCUT2D eigenvalue weighted by Gasteiger charge is 2.06. The van der Waals surface area contributed by atoms with E-state index in [1.165, 1.54) is 10.7 Å². The SMILES string of the molecule is O=C(O)CCCc1ccc(-n2cccn2)c(F)c1. The maximum Gasteiger partial charge on any atom is 0.303 e. The van der Waals surface area contributed by atoms with Gasteiger partial charge in [0.2, 0.25) is 0 Å². The van der Waals surface area contributed by atoms with Gasteiger partial charge < -0.3 is 5.11 Å². The van der Waals surface area contributed by atoms with E-state index in [0.29, 0.717) is 18.5 Å². The molecule has 0 spiro atoms. The van der Waals surface area contributed by atoms with Crippen molar-refractivity contribution >= 4 is 5.97 Å². The van der Waals surface area contributed by atoms with Crippen LogP contribution in [-0.4, -0.2) is 20.9 Å². The molecule has 1 heterocycles. The highest BCUT2D eigenvalue weighted by atomic mass is 19.1. The molecule has 0 fully saturated rings. The Hall–Kier alpha value is -2.17. The third-order valence-corrected chi connectivity index (χ3v) is 2.62. The molecule has 18 heavy (non-hydrogen) atoms. The van der Waals surface area contributed by atoms with Crippen molar-refractivity contribution in [3.8, 4) is 5.69 Å². The number of hydrogen-bond donors (Lipinski definition) is 1. The summed E-state index contributed by atoms with van der Waals surface area (Å²) in [6.07, 6.45) is 4.42. The quantitative estimate of drug-likeness (QED) is 0.884. The van der Waals surface area contributed by atoms with Crippen LogP contribution in [0.15, 0.2) is 36.7 Å². The van der Waals surface area contributed by atoms with Crippen molar-refractivity contribution < 1.29 is 14.3 Å². The maximum atomic E-state index is 13.8. The van der Waals surface area contributed by atoms with E-state index in [-0.39, 0.29) is 12.2 Å². The van der Waals surface area contributed by atoms with Crippen molar-refractivity contribution in [3.05, 3.63) is 48.0 Å². The number of hydrogen-bond acceptors (Lipinski definition) is 2. The molecule has 0 radical (unpaired) electrons. The molecule has 1 N–H and O–H groups in total. The van der Waals surface area contributed by atoms with E-state index in [4.69, 9.17) is 5.11 Å². The van der Waals surface area contributed by atoms with Gasteiger partial charge in [0.05, 0.1) is 0 Å². The molecule has 1 aromatic heterocycles. The normalized spacial score (nSPS) is 10.5. The average Bonchev–Trinajstić information content (AvgIpc) is 2.82. The summed E-state index contributed by atoms with van der Waals surface area (Å²) >= 11 is 0. The van der Waals surface area contributed by atoms with Gasteiger partial charge in [-0.3, -0.25) is 4.79 Å². The summed E-state index contributed by atoms with van der Waals surface area (Å²) in [6, 6.07) is 6.60. The number of aryl methyl sites for hydroxylation is 1. The number of aliphatic carboxylic acids is 1. The molecule has 0 unspecified atom stereocenters. The topological polar surface area (TPSA) is 55.1 Å². The zero-order valence-electron chi connectivity index (χ0n) is 9.71. The Kier molecular flexibility index (Phi) is 3.72. The van der Waals surface area contributed by atoms with Crippen molar-refractivity contribution in [3.63, 3.8) is 0 Å². The van der Waals surface area contributed by atoms with Gasteiger partial charge in [-0.15, -0.1) is 0 Å². The van der Waals surface area contributed by atoms with Gasteiger partial charge in [0, 0.05) is 18.8 Å². The second kappa shape index (κ2) is 5.44. The van der Waals surface area contributed by atoms with Crippen LogP contribution in [0.2, 0.25) is 0 Å². The van der Waals surface area contributed by atoms with Gasteiger partial charge in [-0.1, -0.05) is 6.07 Å². The highest BCUT2D eigenvalue weighted by molar-refractivity contribution is 5.66. The smallest absolute Gasteiger partial charge is 0.303 e. The number of carbonyl (C=O) groups is 1. The third-order valence-electron chi connectivity index (χ3n) is 2.62. The Morgan fingerprint density at radius 1 is 1.44 bits per heavy atom. The summed E-state index contributed by atoms with van der Waals surface area (Å²) in [5.74, 6) is -1.19. The van der Waals surface area contributed by atoms with Crippen molar-refractivity contribution in [2.45, 2.75) is 19.3 Å². The van der Waals surface area contributed by atoms with Crippen LogP contribution >= 0.6 is 0 Å². The number of halogens is 1. The highest BCUT2D eigenvalue weighted by Crippen LogP contribution is 2.15. The van der Waals surface area contributed by atoms with Crippen LogP contribution in [0, 0.1) is 5.82 Å².